The monoisotopic (exact) mass is 236 g/mol. The summed E-state index contributed by atoms with van der Waals surface area (Å²) in [7, 11) is -2.94. The van der Waals surface area contributed by atoms with Crippen LogP contribution in [0.4, 0.5) is 0 Å². The number of hydrogen-bond donors (Lipinski definition) is 0. The molecule has 0 radical (unpaired) electrons. The van der Waals surface area contributed by atoms with Crippen molar-refractivity contribution >= 4 is 9.84 Å². The van der Waals surface area contributed by atoms with Gasteiger partial charge in [0.15, 0.2) is 9.84 Å². The number of hydrogen-bond acceptors (Lipinski definition) is 3. The Morgan fingerprint density at radius 2 is 1.75 bits per heavy atom. The van der Waals surface area contributed by atoms with Crippen molar-refractivity contribution in [3.63, 3.8) is 0 Å². The van der Waals surface area contributed by atoms with Crippen LogP contribution in [0.25, 0.3) is 0 Å². The highest BCUT2D eigenvalue weighted by molar-refractivity contribution is 7.94. The third kappa shape index (κ3) is 0.769. The molecule has 0 saturated carbocycles. The Kier molecular flexibility index (Phi) is 1.44. The smallest absolute Gasteiger partial charge is 0.159 e. The van der Waals surface area contributed by atoms with Crippen LogP contribution in [0.5, 0.6) is 0 Å². The second-order valence-corrected chi connectivity index (χ2v) is 7.41. The molecule has 3 nitrogen and oxygen atoms in total. The lowest BCUT2D eigenvalue weighted by molar-refractivity contribution is 0.0623. The van der Waals surface area contributed by atoms with Crippen molar-refractivity contribution in [2.45, 2.75) is 29.6 Å². The molecule has 5 atom stereocenters. The predicted molar refractivity (Wildman–Crippen MR) is 58.7 cm³/mol. The van der Waals surface area contributed by atoms with Crippen LogP contribution >= 0.6 is 0 Å². The second kappa shape index (κ2) is 2.51. The molecule has 3 aliphatic rings. The van der Waals surface area contributed by atoms with Gasteiger partial charge in [-0.1, -0.05) is 24.3 Å². The first-order valence-electron chi connectivity index (χ1n) is 5.59. The van der Waals surface area contributed by atoms with Crippen molar-refractivity contribution in [2.24, 2.45) is 5.92 Å². The summed E-state index contributed by atoms with van der Waals surface area (Å²) in [5, 5.41) is -0.511. The molecule has 0 spiro atoms. The van der Waals surface area contributed by atoms with Gasteiger partial charge >= 0.3 is 0 Å². The van der Waals surface area contributed by atoms with Crippen LogP contribution in [0, 0.1) is 5.92 Å². The number of benzene rings is 1. The van der Waals surface area contributed by atoms with E-state index in [0.717, 1.165) is 5.56 Å². The molecule has 1 aromatic carbocycles. The van der Waals surface area contributed by atoms with E-state index in [1.165, 1.54) is 5.56 Å². The van der Waals surface area contributed by atoms with E-state index in [9.17, 15) is 8.42 Å². The third-order valence-electron chi connectivity index (χ3n) is 4.37. The maximum absolute atomic E-state index is 12.0. The molecule has 0 amide bonds. The summed E-state index contributed by atoms with van der Waals surface area (Å²) in [5.41, 5.74) is 2.29. The summed E-state index contributed by atoms with van der Waals surface area (Å²) < 4.78 is 29.8. The summed E-state index contributed by atoms with van der Waals surface area (Å²) in [6.07, 6.45) is -0.183. The highest BCUT2D eigenvalue weighted by Crippen LogP contribution is 2.63. The average molecular weight is 236 g/mol. The number of fused-ring (bicyclic) bond motifs is 8. The highest BCUT2D eigenvalue weighted by Gasteiger charge is 2.68. The molecule has 0 unspecified atom stereocenters. The minimum Gasteiger partial charge on any atom is -0.364 e. The number of sulfone groups is 1. The summed E-state index contributed by atoms with van der Waals surface area (Å²) >= 11 is 0. The summed E-state index contributed by atoms with van der Waals surface area (Å²) in [4.78, 5) is 0. The maximum atomic E-state index is 12.0. The average Bonchev–Trinajstić information content (AvgIpc) is 2.83. The van der Waals surface area contributed by atoms with Crippen LogP contribution in [0.2, 0.25) is 0 Å². The number of rotatable bonds is 0. The molecular formula is C12H12O3S. The Hall–Kier alpha value is -0.870. The molecule has 2 bridgehead atoms. The molecule has 0 aliphatic carbocycles. The van der Waals surface area contributed by atoms with Crippen molar-refractivity contribution < 1.29 is 13.2 Å². The van der Waals surface area contributed by atoms with Crippen molar-refractivity contribution in [3.8, 4) is 0 Å². The van der Waals surface area contributed by atoms with Gasteiger partial charge in [-0.2, -0.15) is 0 Å². The van der Waals surface area contributed by atoms with Gasteiger partial charge in [0.05, 0.1) is 16.6 Å². The SMILES string of the molecule is C[C@@H]1[C@@H]2[C@@H]([C@H]3O[C@H]2c2ccccc23)S1(=O)=O. The van der Waals surface area contributed by atoms with Crippen LogP contribution in [0.3, 0.4) is 0 Å². The van der Waals surface area contributed by atoms with E-state index >= 15 is 0 Å². The van der Waals surface area contributed by atoms with Crippen molar-refractivity contribution in [1.29, 1.82) is 0 Å². The Morgan fingerprint density at radius 1 is 1.12 bits per heavy atom. The van der Waals surface area contributed by atoms with E-state index in [1.807, 2.05) is 25.1 Å². The molecule has 2 saturated heterocycles. The van der Waals surface area contributed by atoms with Crippen molar-refractivity contribution in [3.05, 3.63) is 35.4 Å². The van der Waals surface area contributed by atoms with Crippen LogP contribution in [0.15, 0.2) is 24.3 Å². The van der Waals surface area contributed by atoms with Gasteiger partial charge in [0.2, 0.25) is 0 Å². The van der Waals surface area contributed by atoms with Crippen molar-refractivity contribution in [2.75, 3.05) is 0 Å². The molecule has 3 aliphatic heterocycles. The van der Waals surface area contributed by atoms with Gasteiger partial charge in [0, 0.05) is 5.92 Å². The Bertz CT molecular complexity index is 578. The zero-order valence-corrected chi connectivity index (χ0v) is 9.65. The summed E-state index contributed by atoms with van der Waals surface area (Å²) in [6, 6.07) is 8.00. The molecule has 4 heteroatoms. The maximum Gasteiger partial charge on any atom is 0.159 e. The van der Waals surface area contributed by atoms with E-state index in [0.29, 0.717) is 0 Å². The molecule has 4 rings (SSSR count). The summed E-state index contributed by atoms with van der Waals surface area (Å²) in [6.45, 7) is 1.81. The number of ether oxygens (including phenoxy) is 1. The van der Waals surface area contributed by atoms with E-state index < -0.39 is 9.84 Å². The molecule has 3 heterocycles. The molecule has 16 heavy (non-hydrogen) atoms. The van der Waals surface area contributed by atoms with E-state index in [4.69, 9.17) is 4.74 Å². The van der Waals surface area contributed by atoms with E-state index in [1.54, 1.807) is 0 Å². The lowest BCUT2D eigenvalue weighted by Crippen LogP contribution is -2.55. The first kappa shape index (κ1) is 9.19. The molecule has 0 aromatic heterocycles. The van der Waals surface area contributed by atoms with Gasteiger partial charge in [-0.15, -0.1) is 0 Å². The van der Waals surface area contributed by atoms with Crippen LogP contribution in [-0.4, -0.2) is 18.9 Å². The van der Waals surface area contributed by atoms with Gasteiger partial charge in [0.25, 0.3) is 0 Å². The van der Waals surface area contributed by atoms with Crippen LogP contribution in [0.1, 0.15) is 30.3 Å². The van der Waals surface area contributed by atoms with Gasteiger partial charge < -0.3 is 4.74 Å². The van der Waals surface area contributed by atoms with Gasteiger partial charge in [0.1, 0.15) is 6.10 Å². The first-order chi connectivity index (χ1) is 7.62. The highest BCUT2D eigenvalue weighted by atomic mass is 32.2. The molecular weight excluding hydrogens is 224 g/mol. The normalized spacial score (nSPS) is 45.9. The standard InChI is InChI=1S/C12H12O3S/c1-6-9-10-7-4-2-3-5-8(7)11(15-10)12(9)16(6,13)14/h2-6,9-12H,1H3/t6-,9+,10+,11+,12+/m1/s1. The Labute approximate surface area is 94.3 Å². The zero-order valence-electron chi connectivity index (χ0n) is 8.83. The Morgan fingerprint density at radius 3 is 2.44 bits per heavy atom. The molecule has 84 valence electrons. The largest absolute Gasteiger partial charge is 0.364 e. The van der Waals surface area contributed by atoms with Gasteiger partial charge in [-0.3, -0.25) is 0 Å². The van der Waals surface area contributed by atoms with Crippen LogP contribution < -0.4 is 0 Å². The quantitative estimate of drug-likeness (QED) is 0.687. The minimum absolute atomic E-state index is 0.0183. The topological polar surface area (TPSA) is 43.4 Å². The Balaban J connectivity index is 1.92. The van der Waals surface area contributed by atoms with E-state index in [-0.39, 0.29) is 28.6 Å². The molecule has 0 N–H and O–H groups in total. The second-order valence-electron chi connectivity index (χ2n) is 4.94. The fourth-order valence-electron chi connectivity index (χ4n) is 3.54. The molecule has 1 aromatic rings. The van der Waals surface area contributed by atoms with E-state index in [2.05, 4.69) is 6.07 Å². The minimum atomic E-state index is -2.94. The predicted octanol–water partition coefficient (Wildman–Crippen LogP) is 1.61. The summed E-state index contributed by atoms with van der Waals surface area (Å²) in [5.74, 6) is 0.185. The third-order valence-corrected chi connectivity index (χ3v) is 7.04. The van der Waals surface area contributed by atoms with Gasteiger partial charge in [-0.05, 0) is 18.1 Å². The van der Waals surface area contributed by atoms with Gasteiger partial charge in [-0.25, -0.2) is 8.42 Å². The first-order valence-corrected chi connectivity index (χ1v) is 7.20. The zero-order chi connectivity index (χ0) is 11.1. The molecule has 2 fully saturated rings. The van der Waals surface area contributed by atoms with Crippen LogP contribution in [-0.2, 0) is 14.6 Å². The fourth-order valence-corrected chi connectivity index (χ4v) is 5.89. The fraction of sp³-hybridized carbons (Fsp3) is 0.500. The lowest BCUT2D eigenvalue weighted by atomic mass is 9.81. The van der Waals surface area contributed by atoms with Crippen molar-refractivity contribution in [1.82, 2.24) is 0 Å². The lowest BCUT2D eigenvalue weighted by Gasteiger charge is -2.43.